The van der Waals surface area contributed by atoms with Crippen molar-refractivity contribution in [2.45, 2.75) is 115 Å². The molecule has 7 heteroatoms. The molecule has 1 heterocycles. The van der Waals surface area contributed by atoms with E-state index in [4.69, 9.17) is 9.15 Å². The molecule has 0 bridgehead atoms. The lowest BCUT2D eigenvalue weighted by Gasteiger charge is -2.64. The van der Waals surface area contributed by atoms with Crippen molar-refractivity contribution in [2.75, 3.05) is 13.7 Å². The summed E-state index contributed by atoms with van der Waals surface area (Å²) in [5.74, 6) is 0.685. The fourth-order valence-electron chi connectivity index (χ4n) is 12.6. The summed E-state index contributed by atoms with van der Waals surface area (Å²) >= 11 is 0. The minimum absolute atomic E-state index is 0.00410. The zero-order valence-corrected chi connectivity index (χ0v) is 32.2. The van der Waals surface area contributed by atoms with Gasteiger partial charge in [0.1, 0.15) is 6.61 Å². The molecule has 5 aliphatic carbocycles. The standard InChI is InChI=1S/C46H57NO6/c1-28(2)36(25-42(49)53-27-37-34-12-8-6-10-32(34)33-11-7-9-13-35(33)37)43(50)47(5)31-18-21-44(3)30(24-31)15-16-40-39(44)19-22-45(4)38(20-23-46(40,45)51)29-14-17-41(48)52-26-29/h6-14,17,26,28,30-31,36-40,51H,15-16,18-25,27H2,1-5H3/t30-,31?,36-,38-,39+,40-,44+,45-,46+/m1/s1. The summed E-state index contributed by atoms with van der Waals surface area (Å²) in [4.78, 5) is 41.3. The van der Waals surface area contributed by atoms with Crippen molar-refractivity contribution in [3.8, 4) is 11.1 Å². The summed E-state index contributed by atoms with van der Waals surface area (Å²) in [5, 5.41) is 12.7. The first-order valence-corrected chi connectivity index (χ1v) is 20.3. The normalized spacial score (nSPS) is 33.6. The Kier molecular flexibility index (Phi) is 9.27. The molecule has 3 aromatic rings. The van der Waals surface area contributed by atoms with E-state index in [1.165, 1.54) is 28.3 Å². The second-order valence-corrected chi connectivity index (χ2v) is 18.2. The van der Waals surface area contributed by atoms with Gasteiger partial charge in [-0.1, -0.05) is 76.2 Å². The SMILES string of the molecule is CC(C)[C@@H](CC(=O)OCC1c2ccccc2-c2ccccc21)C(=O)N(C)C1CC[C@@]2(C)[C@H](CC[C@@H]3[C@@H]2CC[C@]2(C)[C@@H](c4ccc(=O)oc4)CC[C@]32O)C1. The summed E-state index contributed by atoms with van der Waals surface area (Å²) in [6, 6.07) is 20.2. The highest BCUT2D eigenvalue weighted by atomic mass is 16.5. The lowest BCUT2D eigenvalue weighted by Crippen LogP contribution is -2.62. The van der Waals surface area contributed by atoms with Crippen LogP contribution in [0.4, 0.5) is 0 Å². The third-order valence-electron chi connectivity index (χ3n) is 15.7. The van der Waals surface area contributed by atoms with Gasteiger partial charge >= 0.3 is 11.6 Å². The van der Waals surface area contributed by atoms with Crippen molar-refractivity contribution in [3.05, 3.63) is 94.0 Å². The number of carbonyl (C=O) groups excluding carboxylic acids is 2. The molecule has 2 aromatic carbocycles. The van der Waals surface area contributed by atoms with Gasteiger partial charge in [-0.2, -0.15) is 0 Å². The van der Waals surface area contributed by atoms with E-state index in [0.29, 0.717) is 11.8 Å². The summed E-state index contributed by atoms with van der Waals surface area (Å²) in [6.45, 7) is 9.10. The molecule has 282 valence electrons. The van der Waals surface area contributed by atoms with Crippen molar-refractivity contribution in [3.63, 3.8) is 0 Å². The van der Waals surface area contributed by atoms with E-state index in [0.717, 1.165) is 63.4 Å². The number of rotatable bonds is 8. The Morgan fingerprint density at radius 3 is 2.25 bits per heavy atom. The first-order chi connectivity index (χ1) is 25.4. The van der Waals surface area contributed by atoms with Crippen LogP contribution in [0.15, 0.2) is 76.1 Å². The molecule has 4 saturated carbocycles. The molecule has 8 rings (SSSR count). The second kappa shape index (κ2) is 13.5. The number of esters is 1. The number of hydrogen-bond acceptors (Lipinski definition) is 6. The number of nitrogens with zero attached hydrogens (tertiary/aromatic N) is 1. The minimum Gasteiger partial charge on any atom is -0.465 e. The highest BCUT2D eigenvalue weighted by Gasteiger charge is 2.67. The lowest BCUT2D eigenvalue weighted by atomic mass is 9.43. The number of fused-ring (bicyclic) bond motifs is 8. The van der Waals surface area contributed by atoms with Gasteiger partial charge in [0.2, 0.25) is 5.91 Å². The molecule has 7 nitrogen and oxygen atoms in total. The third kappa shape index (κ3) is 5.82. The van der Waals surface area contributed by atoms with E-state index < -0.39 is 11.5 Å². The summed E-state index contributed by atoms with van der Waals surface area (Å²) in [6.07, 6.45) is 10.5. The van der Waals surface area contributed by atoms with Crippen LogP contribution in [0.3, 0.4) is 0 Å². The van der Waals surface area contributed by atoms with Crippen LogP contribution in [0.5, 0.6) is 0 Å². The molecular weight excluding hydrogens is 663 g/mol. The fourth-order valence-corrected chi connectivity index (χ4v) is 12.6. The summed E-state index contributed by atoms with van der Waals surface area (Å²) < 4.78 is 11.2. The van der Waals surface area contributed by atoms with E-state index in [-0.39, 0.29) is 71.1 Å². The number of hydrogen-bond donors (Lipinski definition) is 1. The number of amides is 1. The largest absolute Gasteiger partial charge is 0.465 e. The zero-order valence-electron chi connectivity index (χ0n) is 32.2. The van der Waals surface area contributed by atoms with Crippen LogP contribution in [0.2, 0.25) is 0 Å². The van der Waals surface area contributed by atoms with Crippen molar-refractivity contribution in [2.24, 2.45) is 40.4 Å². The molecule has 5 aliphatic rings. The smallest absolute Gasteiger partial charge is 0.335 e. The number of aliphatic hydroxyl groups is 1. The quantitative estimate of drug-likeness (QED) is 0.234. The van der Waals surface area contributed by atoms with Crippen molar-refractivity contribution in [1.82, 2.24) is 4.90 Å². The van der Waals surface area contributed by atoms with E-state index in [2.05, 4.69) is 38.1 Å². The van der Waals surface area contributed by atoms with Gasteiger partial charge < -0.3 is 19.2 Å². The van der Waals surface area contributed by atoms with Crippen molar-refractivity contribution in [1.29, 1.82) is 0 Å². The van der Waals surface area contributed by atoms with Gasteiger partial charge in [-0.15, -0.1) is 0 Å². The van der Waals surface area contributed by atoms with Crippen molar-refractivity contribution >= 4 is 11.9 Å². The summed E-state index contributed by atoms with van der Waals surface area (Å²) in [7, 11) is 1.95. The Morgan fingerprint density at radius 2 is 1.58 bits per heavy atom. The highest BCUT2D eigenvalue weighted by Crippen LogP contribution is 2.70. The van der Waals surface area contributed by atoms with E-state index in [9.17, 15) is 19.5 Å². The maximum atomic E-state index is 14.2. The molecule has 0 radical (unpaired) electrons. The molecule has 1 amide bonds. The van der Waals surface area contributed by atoms with Gasteiger partial charge in [0.25, 0.3) is 0 Å². The number of ether oxygens (including phenoxy) is 1. The maximum absolute atomic E-state index is 14.2. The monoisotopic (exact) mass is 719 g/mol. The van der Waals surface area contributed by atoms with E-state index in [1.807, 2.05) is 56.1 Å². The van der Waals surface area contributed by atoms with E-state index >= 15 is 0 Å². The predicted octanol–water partition coefficient (Wildman–Crippen LogP) is 8.73. The molecule has 1 unspecified atom stereocenters. The fraction of sp³-hybridized carbons (Fsp3) is 0.587. The van der Waals surface area contributed by atoms with Crippen LogP contribution in [-0.4, -0.2) is 47.2 Å². The Morgan fingerprint density at radius 1 is 0.887 bits per heavy atom. The lowest BCUT2D eigenvalue weighted by molar-refractivity contribution is -0.203. The Labute approximate surface area is 314 Å². The van der Waals surface area contributed by atoms with Crippen LogP contribution < -0.4 is 5.63 Å². The minimum atomic E-state index is -0.738. The third-order valence-corrected chi connectivity index (χ3v) is 15.7. The second-order valence-electron chi connectivity index (χ2n) is 18.2. The summed E-state index contributed by atoms with van der Waals surface area (Å²) in [5.41, 5.74) is 4.60. The Bertz CT molecular complexity index is 1870. The molecule has 4 fully saturated rings. The van der Waals surface area contributed by atoms with Crippen molar-refractivity contribution < 1.29 is 23.8 Å². The van der Waals surface area contributed by atoms with Crippen LogP contribution in [0.25, 0.3) is 11.1 Å². The molecule has 1 N–H and O–H groups in total. The zero-order chi connectivity index (χ0) is 37.3. The van der Waals surface area contributed by atoms with Crippen LogP contribution in [0, 0.1) is 40.4 Å². The van der Waals surface area contributed by atoms with Crippen LogP contribution >= 0.6 is 0 Å². The van der Waals surface area contributed by atoms with Crippen LogP contribution in [-0.2, 0) is 14.3 Å². The Hall–Kier alpha value is -3.71. The molecule has 0 saturated heterocycles. The maximum Gasteiger partial charge on any atom is 0.335 e. The van der Waals surface area contributed by atoms with Gasteiger partial charge in [-0.25, -0.2) is 4.79 Å². The van der Waals surface area contributed by atoms with Gasteiger partial charge in [-0.3, -0.25) is 9.59 Å². The van der Waals surface area contributed by atoms with Gasteiger partial charge in [0.05, 0.1) is 24.2 Å². The molecule has 1 aromatic heterocycles. The first kappa shape index (κ1) is 36.3. The first-order valence-electron chi connectivity index (χ1n) is 20.3. The number of benzene rings is 2. The van der Waals surface area contributed by atoms with Crippen LogP contribution in [0.1, 0.15) is 120 Å². The Balaban J connectivity index is 0.908. The molecule has 0 spiro atoms. The highest BCUT2D eigenvalue weighted by molar-refractivity contribution is 5.84. The molecule has 0 aliphatic heterocycles. The van der Waals surface area contributed by atoms with Gasteiger partial charge in [0, 0.05) is 30.5 Å². The average Bonchev–Trinajstić information content (AvgIpc) is 3.63. The number of carbonyl (C=O) groups is 2. The average molecular weight is 720 g/mol. The van der Waals surface area contributed by atoms with E-state index in [1.54, 1.807) is 6.26 Å². The molecular formula is C46H57NO6. The van der Waals surface area contributed by atoms with Gasteiger partial charge in [0.15, 0.2) is 0 Å². The topological polar surface area (TPSA) is 97.1 Å². The predicted molar refractivity (Wildman–Crippen MR) is 205 cm³/mol. The molecule has 53 heavy (non-hydrogen) atoms. The molecule has 9 atom stereocenters. The van der Waals surface area contributed by atoms with Gasteiger partial charge in [-0.05, 0) is 127 Å².